The lowest BCUT2D eigenvalue weighted by Gasteiger charge is -2.34. The second-order valence-electron chi connectivity index (χ2n) is 6.12. The highest BCUT2D eigenvalue weighted by Crippen LogP contribution is 2.51. The Morgan fingerprint density at radius 1 is 1.32 bits per heavy atom. The van der Waals surface area contributed by atoms with Gasteiger partial charge in [0, 0.05) is 31.6 Å². The van der Waals surface area contributed by atoms with E-state index in [1.54, 1.807) is 11.0 Å². The summed E-state index contributed by atoms with van der Waals surface area (Å²) in [6.07, 6.45) is -3.85. The van der Waals surface area contributed by atoms with Gasteiger partial charge in [-0.05, 0) is 30.9 Å². The maximum Gasteiger partial charge on any atom is 0.416 e. The van der Waals surface area contributed by atoms with Crippen LogP contribution >= 0.6 is 0 Å². The number of hydrogen-bond acceptors (Lipinski definition) is 2. The van der Waals surface area contributed by atoms with E-state index in [-0.39, 0.29) is 29.3 Å². The largest absolute Gasteiger partial charge is 0.416 e. The summed E-state index contributed by atoms with van der Waals surface area (Å²) >= 11 is 0. The number of carbonyl (C=O) groups is 1. The van der Waals surface area contributed by atoms with Crippen molar-refractivity contribution in [1.82, 2.24) is 10.2 Å². The summed E-state index contributed by atoms with van der Waals surface area (Å²) in [5, 5.41) is 3.21. The zero-order chi connectivity index (χ0) is 15.9. The molecule has 6 heteroatoms. The number of hydrogen-bond donors (Lipinski definition) is 1. The molecule has 0 aromatic heterocycles. The van der Waals surface area contributed by atoms with Gasteiger partial charge in [0.05, 0.1) is 5.56 Å². The molecule has 1 saturated carbocycles. The van der Waals surface area contributed by atoms with E-state index in [0.717, 1.165) is 19.2 Å². The molecule has 2 aliphatic rings. The van der Waals surface area contributed by atoms with Crippen molar-refractivity contribution in [1.29, 1.82) is 0 Å². The topological polar surface area (TPSA) is 32.3 Å². The highest BCUT2D eigenvalue weighted by Gasteiger charge is 2.49. The Kier molecular flexibility index (Phi) is 3.89. The van der Waals surface area contributed by atoms with Crippen molar-refractivity contribution in [2.75, 3.05) is 19.6 Å². The van der Waals surface area contributed by atoms with Crippen molar-refractivity contribution in [2.24, 2.45) is 5.92 Å². The zero-order valence-corrected chi connectivity index (χ0v) is 12.4. The monoisotopic (exact) mass is 312 g/mol. The van der Waals surface area contributed by atoms with Crippen molar-refractivity contribution in [2.45, 2.75) is 31.5 Å². The molecule has 22 heavy (non-hydrogen) atoms. The molecule has 0 bridgehead atoms. The van der Waals surface area contributed by atoms with Gasteiger partial charge in [0.2, 0.25) is 5.91 Å². The summed E-state index contributed by atoms with van der Waals surface area (Å²) in [6.45, 7) is 4.07. The number of nitrogens with one attached hydrogen (secondary N) is 1. The van der Waals surface area contributed by atoms with E-state index in [2.05, 4.69) is 5.32 Å². The number of halogens is 3. The van der Waals surface area contributed by atoms with Crippen LogP contribution in [0.25, 0.3) is 0 Å². The van der Waals surface area contributed by atoms with Gasteiger partial charge in [-0.2, -0.15) is 13.2 Å². The Morgan fingerprint density at radius 3 is 2.73 bits per heavy atom. The predicted molar refractivity (Wildman–Crippen MR) is 76.3 cm³/mol. The van der Waals surface area contributed by atoms with E-state index < -0.39 is 11.7 Å². The van der Waals surface area contributed by atoms with Crippen LogP contribution in [0.4, 0.5) is 13.2 Å². The first-order valence-corrected chi connectivity index (χ1v) is 7.57. The van der Waals surface area contributed by atoms with Crippen LogP contribution < -0.4 is 5.32 Å². The van der Waals surface area contributed by atoms with E-state index in [4.69, 9.17) is 0 Å². The lowest BCUT2D eigenvalue weighted by Crippen LogP contribution is -2.52. The van der Waals surface area contributed by atoms with Gasteiger partial charge in [0.25, 0.3) is 0 Å². The van der Waals surface area contributed by atoms with Crippen LogP contribution in [0.3, 0.4) is 0 Å². The Hall–Kier alpha value is -1.56. The number of nitrogens with zero attached hydrogens (tertiary/aromatic N) is 1. The van der Waals surface area contributed by atoms with Crippen LogP contribution in [0.15, 0.2) is 24.3 Å². The molecule has 1 N–H and O–H groups in total. The summed E-state index contributed by atoms with van der Waals surface area (Å²) in [6, 6.07) is 5.70. The van der Waals surface area contributed by atoms with Gasteiger partial charge in [-0.1, -0.05) is 18.2 Å². The molecular weight excluding hydrogens is 293 g/mol. The molecule has 1 aliphatic carbocycles. The molecule has 1 amide bonds. The molecule has 2 fully saturated rings. The maximum absolute atomic E-state index is 13.1. The molecular formula is C16H19F3N2O. The molecule has 3 nitrogen and oxygen atoms in total. The summed E-state index contributed by atoms with van der Waals surface area (Å²) < 4.78 is 39.2. The Balaban J connectivity index is 1.76. The standard InChI is InChI=1S/C16H19F3N2O/c1-10-9-20-6-7-21(10)15(22)13-8-12(13)11-4-2-3-5-14(11)16(17,18)19/h2-5,10,12-13,20H,6-9H2,1H3/t10-,12+,13+/m1/s1. The molecule has 3 rings (SSSR count). The summed E-state index contributed by atoms with van der Waals surface area (Å²) in [7, 11) is 0. The molecule has 120 valence electrons. The number of alkyl halides is 3. The predicted octanol–water partition coefficient (Wildman–Crippen LogP) is 2.63. The second kappa shape index (κ2) is 5.57. The SMILES string of the molecule is C[C@@H]1CNCCN1C(=O)[C@H]1C[C@H]1c1ccccc1C(F)(F)F. The number of benzene rings is 1. The van der Waals surface area contributed by atoms with Crippen molar-refractivity contribution >= 4 is 5.91 Å². The van der Waals surface area contributed by atoms with E-state index in [1.807, 2.05) is 6.92 Å². The second-order valence-corrected chi connectivity index (χ2v) is 6.12. The van der Waals surface area contributed by atoms with Crippen LogP contribution in [0.2, 0.25) is 0 Å². The summed E-state index contributed by atoms with van der Waals surface area (Å²) in [4.78, 5) is 14.3. The third-order valence-corrected chi connectivity index (χ3v) is 4.56. The molecule has 1 aromatic carbocycles. The van der Waals surface area contributed by atoms with Gasteiger partial charge < -0.3 is 10.2 Å². The summed E-state index contributed by atoms with van der Waals surface area (Å²) in [5.74, 6) is -0.604. The molecule has 3 atom stereocenters. The minimum atomic E-state index is -4.37. The lowest BCUT2D eigenvalue weighted by molar-refractivity contribution is -0.139. The van der Waals surface area contributed by atoms with Crippen LogP contribution in [0, 0.1) is 5.92 Å². The third-order valence-electron chi connectivity index (χ3n) is 4.56. The molecule has 0 radical (unpaired) electrons. The molecule has 1 heterocycles. The van der Waals surface area contributed by atoms with Gasteiger partial charge in [-0.3, -0.25) is 4.79 Å². The van der Waals surface area contributed by atoms with E-state index in [1.165, 1.54) is 12.1 Å². The van der Waals surface area contributed by atoms with Crippen molar-refractivity contribution < 1.29 is 18.0 Å². The van der Waals surface area contributed by atoms with Gasteiger partial charge >= 0.3 is 6.18 Å². The average Bonchev–Trinajstić information content (AvgIpc) is 3.26. The number of amides is 1. The van der Waals surface area contributed by atoms with Gasteiger partial charge in [0.1, 0.15) is 0 Å². The van der Waals surface area contributed by atoms with Gasteiger partial charge in [-0.15, -0.1) is 0 Å². The average molecular weight is 312 g/mol. The van der Waals surface area contributed by atoms with Crippen molar-refractivity contribution in [3.8, 4) is 0 Å². The van der Waals surface area contributed by atoms with Crippen LogP contribution in [0.1, 0.15) is 30.4 Å². The van der Waals surface area contributed by atoms with E-state index >= 15 is 0 Å². The fraction of sp³-hybridized carbons (Fsp3) is 0.562. The smallest absolute Gasteiger partial charge is 0.337 e. The molecule has 1 aromatic rings. The van der Waals surface area contributed by atoms with E-state index in [0.29, 0.717) is 13.0 Å². The van der Waals surface area contributed by atoms with Gasteiger partial charge in [-0.25, -0.2) is 0 Å². The van der Waals surface area contributed by atoms with Crippen molar-refractivity contribution in [3.05, 3.63) is 35.4 Å². The van der Waals surface area contributed by atoms with Crippen LogP contribution in [0.5, 0.6) is 0 Å². The lowest BCUT2D eigenvalue weighted by atomic mass is 10.0. The zero-order valence-electron chi connectivity index (χ0n) is 12.4. The molecule has 1 aliphatic heterocycles. The minimum Gasteiger partial charge on any atom is -0.337 e. The van der Waals surface area contributed by atoms with Gasteiger partial charge in [0.15, 0.2) is 0 Å². The first-order chi connectivity index (χ1) is 10.4. The Morgan fingerprint density at radius 2 is 2.05 bits per heavy atom. The first kappa shape index (κ1) is 15.3. The number of piperazine rings is 1. The number of rotatable bonds is 2. The van der Waals surface area contributed by atoms with Crippen LogP contribution in [-0.4, -0.2) is 36.5 Å². The van der Waals surface area contributed by atoms with Crippen molar-refractivity contribution in [3.63, 3.8) is 0 Å². The normalized spacial score (nSPS) is 28.5. The Labute approximate surface area is 127 Å². The molecule has 0 unspecified atom stereocenters. The highest BCUT2D eigenvalue weighted by molar-refractivity contribution is 5.83. The van der Waals surface area contributed by atoms with E-state index in [9.17, 15) is 18.0 Å². The fourth-order valence-electron chi connectivity index (χ4n) is 3.27. The third kappa shape index (κ3) is 2.84. The van der Waals surface area contributed by atoms with Crippen LogP contribution in [-0.2, 0) is 11.0 Å². The maximum atomic E-state index is 13.1. The molecule has 1 saturated heterocycles. The Bertz CT molecular complexity index is 573. The minimum absolute atomic E-state index is 0.00372. The summed E-state index contributed by atoms with van der Waals surface area (Å²) in [5.41, 5.74) is -0.347. The quantitative estimate of drug-likeness (QED) is 0.910. The first-order valence-electron chi connectivity index (χ1n) is 7.57. The fourth-order valence-corrected chi connectivity index (χ4v) is 3.27. The number of carbonyl (C=O) groups excluding carboxylic acids is 1. The molecule has 0 spiro atoms. The highest BCUT2D eigenvalue weighted by atomic mass is 19.4.